The third-order valence-corrected chi connectivity index (χ3v) is 13.7. The molecule has 1 saturated carbocycles. The zero-order valence-corrected chi connectivity index (χ0v) is 35.5. The number of carbonyl (C=O) groups is 1. The van der Waals surface area contributed by atoms with Crippen LogP contribution in [-0.4, -0.2) is 12.4 Å². The standard InChI is InChI=1S/C47H67NO3/c1-20-38-31(9)27(5)30(8)34(12)42(38)48(41-32(10)28(6)26(4)29(7)33(41)11)43-35(13)36(14)44(37(15)39(43)21-2)51-50-23-40(49)47(25-46(47,18)19)24-45(16,17)22-3/h20H,1,21-25H2,2-19H3. The van der Waals surface area contributed by atoms with Crippen molar-refractivity contribution in [1.82, 2.24) is 0 Å². The van der Waals surface area contributed by atoms with Gasteiger partial charge >= 0.3 is 0 Å². The van der Waals surface area contributed by atoms with Gasteiger partial charge in [0.25, 0.3) is 0 Å². The lowest BCUT2D eigenvalue weighted by molar-refractivity contribution is -0.209. The summed E-state index contributed by atoms with van der Waals surface area (Å²) < 4.78 is 0. The molecular formula is C47H67NO3. The summed E-state index contributed by atoms with van der Waals surface area (Å²) in [6.07, 6.45) is 5.63. The molecule has 1 aliphatic rings. The number of nitrogens with zero attached hydrogens (tertiary/aromatic N) is 1. The second-order valence-corrected chi connectivity index (χ2v) is 17.3. The third kappa shape index (κ3) is 6.60. The Balaban J connectivity index is 1.93. The first-order valence-electron chi connectivity index (χ1n) is 19.1. The van der Waals surface area contributed by atoms with Gasteiger partial charge in [0.1, 0.15) is 0 Å². The molecule has 0 aliphatic heterocycles. The van der Waals surface area contributed by atoms with Gasteiger partial charge in [0.05, 0.1) is 17.1 Å². The summed E-state index contributed by atoms with van der Waals surface area (Å²) >= 11 is 0. The van der Waals surface area contributed by atoms with Crippen molar-refractivity contribution in [3.8, 4) is 5.75 Å². The van der Waals surface area contributed by atoms with Crippen molar-refractivity contribution >= 4 is 28.9 Å². The van der Waals surface area contributed by atoms with Crippen LogP contribution >= 0.6 is 0 Å². The Morgan fingerprint density at radius 3 is 1.61 bits per heavy atom. The fourth-order valence-electron chi connectivity index (χ4n) is 8.85. The molecule has 0 amide bonds. The van der Waals surface area contributed by atoms with Gasteiger partial charge in [0.2, 0.25) is 0 Å². The van der Waals surface area contributed by atoms with Crippen LogP contribution in [0.4, 0.5) is 17.1 Å². The lowest BCUT2D eigenvalue weighted by Gasteiger charge is -2.38. The quantitative estimate of drug-likeness (QED) is 0.132. The van der Waals surface area contributed by atoms with Gasteiger partial charge in [0, 0.05) is 22.1 Å². The molecule has 51 heavy (non-hydrogen) atoms. The minimum atomic E-state index is -0.361. The van der Waals surface area contributed by atoms with E-state index in [1.165, 1.54) is 72.7 Å². The largest absolute Gasteiger partial charge is 0.337 e. The minimum absolute atomic E-state index is 0.0269. The van der Waals surface area contributed by atoms with Gasteiger partial charge in [0.15, 0.2) is 18.1 Å². The SMILES string of the molecule is C=Cc1c(C)c(C)c(C)c(C)c1N(c1c(C)c(C)c(C)c(C)c1C)c1c(C)c(C)c(OOCC(=O)C2(CC(C)(C)CC)CC2(C)C)c(C)c1CC. The van der Waals surface area contributed by atoms with Crippen molar-refractivity contribution in [2.45, 2.75) is 150 Å². The first kappa shape index (κ1) is 40.4. The number of hydrogen-bond acceptors (Lipinski definition) is 4. The normalized spacial score (nSPS) is 16.7. The van der Waals surface area contributed by atoms with Gasteiger partial charge < -0.3 is 9.79 Å². The fraction of sp³-hybridized carbons (Fsp3) is 0.553. The van der Waals surface area contributed by atoms with Crippen LogP contribution in [0.25, 0.3) is 6.08 Å². The summed E-state index contributed by atoms with van der Waals surface area (Å²) in [7, 11) is 0. The highest BCUT2D eigenvalue weighted by atomic mass is 17.2. The molecule has 0 aromatic heterocycles. The van der Waals surface area contributed by atoms with Crippen molar-refractivity contribution in [2.24, 2.45) is 16.2 Å². The summed E-state index contributed by atoms with van der Waals surface area (Å²) in [6.45, 7) is 44.4. The van der Waals surface area contributed by atoms with Crippen molar-refractivity contribution in [3.05, 3.63) is 84.5 Å². The first-order chi connectivity index (χ1) is 23.6. The number of carbonyl (C=O) groups excluding carboxylic acids is 1. The van der Waals surface area contributed by atoms with E-state index in [0.29, 0.717) is 5.75 Å². The highest BCUT2D eigenvalue weighted by molar-refractivity contribution is 5.93. The lowest BCUT2D eigenvalue weighted by atomic mass is 9.74. The minimum Gasteiger partial charge on any atom is -0.337 e. The molecule has 0 saturated heterocycles. The van der Waals surface area contributed by atoms with E-state index in [0.717, 1.165) is 47.9 Å². The van der Waals surface area contributed by atoms with Crippen LogP contribution in [0, 0.1) is 99.3 Å². The average Bonchev–Trinajstić information content (AvgIpc) is 3.64. The van der Waals surface area contributed by atoms with Crippen molar-refractivity contribution in [3.63, 3.8) is 0 Å². The van der Waals surface area contributed by atoms with Gasteiger partial charge in [-0.25, -0.2) is 0 Å². The molecule has 0 N–H and O–H groups in total. The molecule has 0 spiro atoms. The number of rotatable bonds is 13. The maximum Gasteiger partial charge on any atom is 0.171 e. The van der Waals surface area contributed by atoms with E-state index < -0.39 is 0 Å². The molecule has 0 radical (unpaired) electrons. The van der Waals surface area contributed by atoms with Gasteiger partial charge in [-0.3, -0.25) is 4.79 Å². The highest BCUT2D eigenvalue weighted by Crippen LogP contribution is 2.68. The van der Waals surface area contributed by atoms with Gasteiger partial charge in [-0.1, -0.05) is 60.6 Å². The average molecular weight is 694 g/mol. The Bertz CT molecular complexity index is 1880. The number of benzene rings is 3. The third-order valence-electron chi connectivity index (χ3n) is 13.7. The highest BCUT2D eigenvalue weighted by Gasteiger charge is 2.66. The van der Waals surface area contributed by atoms with E-state index in [-0.39, 0.29) is 28.6 Å². The van der Waals surface area contributed by atoms with Crippen LogP contribution in [-0.2, 0) is 16.1 Å². The van der Waals surface area contributed by atoms with Crippen LogP contribution in [0.1, 0.15) is 139 Å². The van der Waals surface area contributed by atoms with Crippen LogP contribution in [0.3, 0.4) is 0 Å². The summed E-state index contributed by atoms with van der Waals surface area (Å²) in [5.41, 5.74) is 20.5. The summed E-state index contributed by atoms with van der Waals surface area (Å²) in [6, 6.07) is 0. The molecule has 3 aromatic carbocycles. The Hall–Kier alpha value is -3.37. The summed E-state index contributed by atoms with van der Waals surface area (Å²) in [4.78, 5) is 28.6. The lowest BCUT2D eigenvalue weighted by Crippen LogP contribution is -2.31. The number of ketones is 1. The van der Waals surface area contributed by atoms with Crippen LogP contribution in [0.2, 0.25) is 0 Å². The Kier molecular flexibility index (Phi) is 11.3. The Labute approximate surface area is 311 Å². The number of hydrogen-bond donors (Lipinski definition) is 0. The van der Waals surface area contributed by atoms with Gasteiger partial charge in [-0.2, -0.15) is 4.89 Å². The second-order valence-electron chi connectivity index (χ2n) is 17.3. The molecule has 1 unspecified atom stereocenters. The molecule has 0 bridgehead atoms. The summed E-state index contributed by atoms with van der Waals surface area (Å²) in [5, 5.41) is 0. The predicted molar refractivity (Wildman–Crippen MR) is 219 cm³/mol. The number of anilines is 3. The molecule has 278 valence electrons. The molecule has 3 aromatic rings. The smallest absolute Gasteiger partial charge is 0.171 e. The molecule has 1 fully saturated rings. The van der Waals surface area contributed by atoms with Crippen LogP contribution in [0.5, 0.6) is 5.75 Å². The molecule has 1 aliphatic carbocycles. The van der Waals surface area contributed by atoms with E-state index in [1.807, 2.05) is 6.08 Å². The fourth-order valence-corrected chi connectivity index (χ4v) is 8.85. The maximum atomic E-state index is 13.8. The predicted octanol–water partition coefficient (Wildman–Crippen LogP) is 13.2. The van der Waals surface area contributed by atoms with Crippen LogP contribution < -0.4 is 9.79 Å². The van der Waals surface area contributed by atoms with Crippen molar-refractivity contribution < 1.29 is 14.6 Å². The van der Waals surface area contributed by atoms with E-state index in [4.69, 9.17) is 9.78 Å². The van der Waals surface area contributed by atoms with Crippen LogP contribution in [0.15, 0.2) is 6.58 Å². The Morgan fingerprint density at radius 2 is 1.16 bits per heavy atom. The van der Waals surface area contributed by atoms with Crippen molar-refractivity contribution in [2.75, 3.05) is 11.5 Å². The van der Waals surface area contributed by atoms with E-state index in [9.17, 15) is 4.79 Å². The number of Topliss-reactive ketones (excluding diaryl/α,β-unsaturated/α-hetero) is 1. The summed E-state index contributed by atoms with van der Waals surface area (Å²) in [5.74, 6) is 0.855. The monoisotopic (exact) mass is 694 g/mol. The molecule has 4 rings (SSSR count). The Morgan fingerprint density at radius 1 is 0.706 bits per heavy atom. The van der Waals surface area contributed by atoms with Gasteiger partial charge in [-0.15, -0.1) is 0 Å². The zero-order chi connectivity index (χ0) is 38.7. The topological polar surface area (TPSA) is 38.8 Å². The van der Waals surface area contributed by atoms with E-state index in [1.54, 1.807) is 0 Å². The molecule has 1 atom stereocenters. The molecule has 0 heterocycles. The molecular weight excluding hydrogens is 627 g/mol. The van der Waals surface area contributed by atoms with Gasteiger partial charge in [-0.05, 0) is 174 Å². The first-order valence-corrected chi connectivity index (χ1v) is 19.1. The maximum absolute atomic E-state index is 13.8. The zero-order valence-electron chi connectivity index (χ0n) is 35.5. The molecule has 4 nitrogen and oxygen atoms in total. The van der Waals surface area contributed by atoms with Crippen molar-refractivity contribution in [1.29, 1.82) is 0 Å². The van der Waals surface area contributed by atoms with E-state index in [2.05, 4.69) is 136 Å². The van der Waals surface area contributed by atoms with E-state index >= 15 is 0 Å². The second kappa shape index (κ2) is 14.2. The molecule has 4 heteroatoms.